The van der Waals surface area contributed by atoms with Crippen molar-refractivity contribution in [2.24, 2.45) is 5.92 Å². The van der Waals surface area contributed by atoms with E-state index >= 15 is 0 Å². The molecule has 3 aromatic rings. The first kappa shape index (κ1) is 19.4. The molecule has 150 valence electrons. The first-order chi connectivity index (χ1) is 14.1. The number of hydrogen-bond donors (Lipinski definition) is 0. The third-order valence-electron chi connectivity index (χ3n) is 5.82. The average Bonchev–Trinajstić information content (AvgIpc) is 2.76. The van der Waals surface area contributed by atoms with Crippen LogP contribution in [0.1, 0.15) is 24.8 Å². The van der Waals surface area contributed by atoms with Crippen LogP contribution in [-0.4, -0.2) is 28.5 Å². The van der Waals surface area contributed by atoms with Gasteiger partial charge in [-0.05, 0) is 61.4 Å². The Morgan fingerprint density at radius 3 is 2.69 bits per heavy atom. The summed E-state index contributed by atoms with van der Waals surface area (Å²) < 4.78 is 14.9. The highest BCUT2D eigenvalue weighted by Gasteiger charge is 2.23. The predicted octanol–water partition coefficient (Wildman–Crippen LogP) is 4.01. The van der Waals surface area contributed by atoms with Crippen molar-refractivity contribution in [2.45, 2.75) is 32.2 Å². The van der Waals surface area contributed by atoms with Crippen molar-refractivity contribution >= 4 is 16.8 Å². The Morgan fingerprint density at radius 1 is 1.07 bits per heavy atom. The minimum Gasteiger partial charge on any atom is -0.341 e. The van der Waals surface area contributed by atoms with Crippen LogP contribution in [0.15, 0.2) is 65.6 Å². The lowest BCUT2D eigenvalue weighted by Gasteiger charge is -2.33. The van der Waals surface area contributed by atoms with Crippen LogP contribution in [-0.2, 0) is 17.8 Å². The molecule has 0 spiro atoms. The fraction of sp³-hybridized carbons (Fsp3) is 0.333. The van der Waals surface area contributed by atoms with Gasteiger partial charge in [-0.2, -0.15) is 0 Å². The molecule has 4 rings (SSSR count). The molecule has 4 nitrogen and oxygen atoms in total. The number of fused-ring (bicyclic) bond motifs is 1. The number of halogens is 1. The van der Waals surface area contributed by atoms with Crippen molar-refractivity contribution in [3.8, 4) is 0 Å². The largest absolute Gasteiger partial charge is 0.341 e. The summed E-state index contributed by atoms with van der Waals surface area (Å²) in [5.41, 5.74) is 1.90. The minimum atomic E-state index is -0.210. The maximum atomic E-state index is 13.1. The first-order valence-corrected chi connectivity index (χ1v) is 10.2. The average molecular weight is 392 g/mol. The minimum absolute atomic E-state index is 0.0249. The van der Waals surface area contributed by atoms with E-state index in [2.05, 4.69) is 0 Å². The number of aryl methyl sites for hydroxylation is 1. The van der Waals surface area contributed by atoms with E-state index in [4.69, 9.17) is 0 Å². The van der Waals surface area contributed by atoms with Gasteiger partial charge in [-0.15, -0.1) is 0 Å². The van der Waals surface area contributed by atoms with Gasteiger partial charge >= 0.3 is 0 Å². The summed E-state index contributed by atoms with van der Waals surface area (Å²) in [5.74, 6) is 0.340. The quantitative estimate of drug-likeness (QED) is 0.658. The van der Waals surface area contributed by atoms with Gasteiger partial charge in [0.05, 0.1) is 5.52 Å². The van der Waals surface area contributed by atoms with Crippen LogP contribution in [0.4, 0.5) is 4.39 Å². The standard InChI is InChI=1S/C24H25FN2O2/c25-20-11-9-18(10-12-20)7-8-19-4-3-14-27(16-19)24(29)17-26-15-13-23(28)21-5-1-2-6-22(21)26/h1-2,5-6,9-13,15,19H,3-4,7-8,14,16-17H2/t19-/m0/s1. The summed E-state index contributed by atoms with van der Waals surface area (Å²) in [6.07, 6.45) is 5.73. The van der Waals surface area contributed by atoms with Gasteiger partial charge in [0.1, 0.15) is 12.4 Å². The summed E-state index contributed by atoms with van der Waals surface area (Å²) in [7, 11) is 0. The zero-order valence-corrected chi connectivity index (χ0v) is 16.4. The van der Waals surface area contributed by atoms with Gasteiger partial charge in [-0.3, -0.25) is 9.59 Å². The molecule has 0 radical (unpaired) electrons. The molecule has 0 aliphatic carbocycles. The molecule has 1 fully saturated rings. The van der Waals surface area contributed by atoms with Crippen molar-refractivity contribution < 1.29 is 9.18 Å². The van der Waals surface area contributed by atoms with E-state index in [9.17, 15) is 14.0 Å². The number of carbonyl (C=O) groups is 1. The highest BCUT2D eigenvalue weighted by Crippen LogP contribution is 2.22. The molecule has 0 bridgehead atoms. The molecule has 0 N–H and O–H groups in total. The molecule has 1 saturated heterocycles. The number of pyridine rings is 1. The number of hydrogen-bond acceptors (Lipinski definition) is 2. The van der Waals surface area contributed by atoms with Gasteiger partial charge in [0.15, 0.2) is 5.43 Å². The second kappa shape index (κ2) is 8.60. The van der Waals surface area contributed by atoms with Crippen LogP contribution < -0.4 is 5.43 Å². The van der Waals surface area contributed by atoms with Gasteiger partial charge in [-0.1, -0.05) is 24.3 Å². The van der Waals surface area contributed by atoms with Crippen LogP contribution in [0.25, 0.3) is 10.9 Å². The normalized spacial score (nSPS) is 16.9. The highest BCUT2D eigenvalue weighted by atomic mass is 19.1. The van der Waals surface area contributed by atoms with Crippen molar-refractivity contribution in [1.29, 1.82) is 0 Å². The first-order valence-electron chi connectivity index (χ1n) is 10.2. The molecule has 1 atom stereocenters. The Morgan fingerprint density at radius 2 is 1.86 bits per heavy atom. The summed E-state index contributed by atoms with van der Waals surface area (Å²) in [4.78, 5) is 26.9. The molecule has 2 aromatic carbocycles. The molecule has 2 heterocycles. The van der Waals surface area contributed by atoms with Gasteiger partial charge in [0.2, 0.25) is 5.91 Å². The number of aromatic nitrogens is 1. The zero-order valence-electron chi connectivity index (χ0n) is 16.4. The third kappa shape index (κ3) is 4.56. The fourth-order valence-corrected chi connectivity index (χ4v) is 4.19. The lowest BCUT2D eigenvalue weighted by atomic mass is 9.91. The van der Waals surface area contributed by atoms with Gasteiger partial charge in [0.25, 0.3) is 0 Å². The Labute approximate surface area is 169 Å². The lowest BCUT2D eigenvalue weighted by molar-refractivity contribution is -0.133. The van der Waals surface area contributed by atoms with Crippen molar-refractivity contribution in [1.82, 2.24) is 9.47 Å². The number of piperidine rings is 1. The summed E-state index contributed by atoms with van der Waals surface area (Å²) in [6, 6.07) is 15.6. The number of nitrogens with zero attached hydrogens (tertiary/aromatic N) is 2. The topological polar surface area (TPSA) is 42.3 Å². The molecule has 0 saturated carbocycles. The molecule has 1 aromatic heterocycles. The van der Waals surface area contributed by atoms with Gasteiger partial charge in [0, 0.05) is 30.7 Å². The smallest absolute Gasteiger partial charge is 0.242 e. The number of carbonyl (C=O) groups excluding carboxylic acids is 1. The number of amides is 1. The van der Waals surface area contributed by atoms with Crippen LogP contribution in [0.5, 0.6) is 0 Å². The zero-order chi connectivity index (χ0) is 20.2. The Kier molecular flexibility index (Phi) is 5.74. The second-order valence-corrected chi connectivity index (χ2v) is 7.84. The summed E-state index contributed by atoms with van der Waals surface area (Å²) in [5, 5.41) is 0.638. The third-order valence-corrected chi connectivity index (χ3v) is 5.82. The van der Waals surface area contributed by atoms with E-state index < -0.39 is 0 Å². The molecule has 0 unspecified atom stereocenters. The van der Waals surface area contributed by atoms with Crippen LogP contribution in [0, 0.1) is 11.7 Å². The lowest BCUT2D eigenvalue weighted by Crippen LogP contribution is -2.41. The maximum absolute atomic E-state index is 13.1. The molecule has 1 aliphatic heterocycles. The second-order valence-electron chi connectivity index (χ2n) is 7.84. The summed E-state index contributed by atoms with van der Waals surface area (Å²) in [6.45, 7) is 1.79. The van der Waals surface area contributed by atoms with Crippen molar-refractivity contribution in [2.75, 3.05) is 13.1 Å². The number of rotatable bonds is 5. The van der Waals surface area contributed by atoms with E-state index in [-0.39, 0.29) is 23.7 Å². The molecular weight excluding hydrogens is 367 g/mol. The number of para-hydroxylation sites is 1. The van der Waals surface area contributed by atoms with Crippen molar-refractivity contribution in [3.63, 3.8) is 0 Å². The number of likely N-dealkylation sites (tertiary alicyclic amines) is 1. The molecular formula is C24H25FN2O2. The van der Waals surface area contributed by atoms with Crippen LogP contribution in [0.2, 0.25) is 0 Å². The van der Waals surface area contributed by atoms with Crippen LogP contribution in [0.3, 0.4) is 0 Å². The van der Waals surface area contributed by atoms with E-state index in [1.807, 2.05) is 39.8 Å². The molecule has 5 heteroatoms. The van der Waals surface area contributed by atoms with E-state index in [0.717, 1.165) is 49.9 Å². The SMILES string of the molecule is O=C(Cn1ccc(=O)c2ccccc21)N1CCC[C@@H](CCc2ccc(F)cc2)C1. The number of benzene rings is 2. The van der Waals surface area contributed by atoms with E-state index in [1.54, 1.807) is 12.3 Å². The van der Waals surface area contributed by atoms with E-state index in [0.29, 0.717) is 11.3 Å². The summed E-state index contributed by atoms with van der Waals surface area (Å²) >= 11 is 0. The predicted molar refractivity (Wildman–Crippen MR) is 112 cm³/mol. The molecule has 29 heavy (non-hydrogen) atoms. The van der Waals surface area contributed by atoms with Gasteiger partial charge in [-0.25, -0.2) is 4.39 Å². The fourth-order valence-electron chi connectivity index (χ4n) is 4.19. The Balaban J connectivity index is 1.39. The molecule has 1 aliphatic rings. The van der Waals surface area contributed by atoms with Crippen LogP contribution >= 0.6 is 0 Å². The monoisotopic (exact) mass is 392 g/mol. The van der Waals surface area contributed by atoms with Gasteiger partial charge < -0.3 is 9.47 Å². The molecule has 1 amide bonds. The highest BCUT2D eigenvalue weighted by molar-refractivity contribution is 5.82. The van der Waals surface area contributed by atoms with Crippen molar-refractivity contribution in [3.05, 3.63) is 82.4 Å². The van der Waals surface area contributed by atoms with E-state index in [1.165, 1.54) is 18.2 Å². The Hall–Kier alpha value is -2.95. The maximum Gasteiger partial charge on any atom is 0.242 e. The Bertz CT molecular complexity index is 1060.